The largest absolute Gasteiger partial charge is 0.385 e. The molecule has 19 heavy (non-hydrogen) atoms. The summed E-state index contributed by atoms with van der Waals surface area (Å²) in [6.07, 6.45) is 1.23. The molecule has 0 aromatic heterocycles. The standard InChI is InChI=1S/C16H25N3/c1-12(2)13-3-4-15-14(11-13)16(5-6-18-15)19-9-7-17-8-10-19/h3-4,11-12,16-18H,5-10H2,1-2H3. The van der Waals surface area contributed by atoms with Crippen molar-refractivity contribution in [2.45, 2.75) is 32.2 Å². The Labute approximate surface area is 116 Å². The van der Waals surface area contributed by atoms with E-state index in [0.29, 0.717) is 12.0 Å². The molecule has 0 bridgehead atoms. The van der Waals surface area contributed by atoms with Crippen LogP contribution in [0.4, 0.5) is 5.69 Å². The van der Waals surface area contributed by atoms with Gasteiger partial charge in [0, 0.05) is 44.5 Å². The Hall–Kier alpha value is -1.06. The normalized spacial score (nSPS) is 24.1. The van der Waals surface area contributed by atoms with Crippen molar-refractivity contribution in [2.75, 3.05) is 38.0 Å². The first-order chi connectivity index (χ1) is 9.25. The third-order valence-corrected chi connectivity index (χ3v) is 4.43. The molecule has 2 N–H and O–H groups in total. The Kier molecular flexibility index (Phi) is 3.76. The van der Waals surface area contributed by atoms with Crippen molar-refractivity contribution in [1.29, 1.82) is 0 Å². The number of rotatable bonds is 2. The van der Waals surface area contributed by atoms with E-state index in [2.05, 4.69) is 47.6 Å². The zero-order chi connectivity index (χ0) is 13.2. The summed E-state index contributed by atoms with van der Waals surface area (Å²) in [5.41, 5.74) is 4.32. The molecule has 0 aliphatic carbocycles. The van der Waals surface area contributed by atoms with Gasteiger partial charge in [0.15, 0.2) is 0 Å². The number of fused-ring (bicyclic) bond motifs is 1. The molecule has 0 amide bonds. The van der Waals surface area contributed by atoms with E-state index >= 15 is 0 Å². The molecule has 1 unspecified atom stereocenters. The van der Waals surface area contributed by atoms with Gasteiger partial charge in [-0.3, -0.25) is 4.90 Å². The zero-order valence-corrected chi connectivity index (χ0v) is 12.1. The third-order valence-electron chi connectivity index (χ3n) is 4.43. The van der Waals surface area contributed by atoms with E-state index in [9.17, 15) is 0 Å². The predicted octanol–water partition coefficient (Wildman–Crippen LogP) is 2.57. The van der Waals surface area contributed by atoms with Gasteiger partial charge in [-0.05, 0) is 29.5 Å². The molecule has 1 aromatic carbocycles. The van der Waals surface area contributed by atoms with Crippen molar-refractivity contribution in [2.24, 2.45) is 0 Å². The molecule has 1 saturated heterocycles. The van der Waals surface area contributed by atoms with Crippen LogP contribution in [-0.2, 0) is 0 Å². The van der Waals surface area contributed by atoms with Gasteiger partial charge in [-0.25, -0.2) is 0 Å². The predicted molar refractivity (Wildman–Crippen MR) is 80.8 cm³/mol. The molecule has 3 rings (SSSR count). The summed E-state index contributed by atoms with van der Waals surface area (Å²) in [6, 6.07) is 7.59. The highest BCUT2D eigenvalue weighted by Gasteiger charge is 2.27. The van der Waals surface area contributed by atoms with E-state index in [0.717, 1.165) is 19.6 Å². The second kappa shape index (κ2) is 5.51. The van der Waals surface area contributed by atoms with Gasteiger partial charge in [0.1, 0.15) is 0 Å². The summed E-state index contributed by atoms with van der Waals surface area (Å²) in [5, 5.41) is 7.01. The molecular formula is C16H25N3. The van der Waals surface area contributed by atoms with Gasteiger partial charge in [-0.1, -0.05) is 26.0 Å². The summed E-state index contributed by atoms with van der Waals surface area (Å²) >= 11 is 0. The maximum Gasteiger partial charge on any atom is 0.0388 e. The molecule has 0 spiro atoms. The maximum absolute atomic E-state index is 3.56. The smallest absolute Gasteiger partial charge is 0.0388 e. The van der Waals surface area contributed by atoms with Gasteiger partial charge < -0.3 is 10.6 Å². The molecule has 1 atom stereocenters. The molecule has 2 aliphatic heterocycles. The first-order valence-electron chi connectivity index (χ1n) is 7.58. The van der Waals surface area contributed by atoms with E-state index in [1.807, 2.05) is 0 Å². The molecule has 1 fully saturated rings. The van der Waals surface area contributed by atoms with Crippen molar-refractivity contribution in [3.63, 3.8) is 0 Å². The van der Waals surface area contributed by atoms with Crippen LogP contribution in [0.3, 0.4) is 0 Å². The van der Waals surface area contributed by atoms with Crippen molar-refractivity contribution >= 4 is 5.69 Å². The number of benzene rings is 1. The van der Waals surface area contributed by atoms with Crippen molar-refractivity contribution in [1.82, 2.24) is 10.2 Å². The van der Waals surface area contributed by atoms with Crippen LogP contribution < -0.4 is 10.6 Å². The number of piperazine rings is 1. The van der Waals surface area contributed by atoms with Crippen molar-refractivity contribution in [3.05, 3.63) is 29.3 Å². The number of nitrogens with one attached hydrogen (secondary N) is 2. The highest BCUT2D eigenvalue weighted by molar-refractivity contribution is 5.56. The Morgan fingerprint density at radius 2 is 1.95 bits per heavy atom. The van der Waals surface area contributed by atoms with E-state index in [4.69, 9.17) is 0 Å². The van der Waals surface area contributed by atoms with Crippen molar-refractivity contribution in [3.8, 4) is 0 Å². The summed E-state index contributed by atoms with van der Waals surface area (Å²) in [4.78, 5) is 2.65. The molecule has 3 nitrogen and oxygen atoms in total. The lowest BCUT2D eigenvalue weighted by Gasteiger charge is -2.39. The zero-order valence-electron chi connectivity index (χ0n) is 12.1. The Morgan fingerprint density at radius 1 is 1.16 bits per heavy atom. The lowest BCUT2D eigenvalue weighted by Crippen LogP contribution is -2.46. The van der Waals surface area contributed by atoms with Gasteiger partial charge in [-0.15, -0.1) is 0 Å². The van der Waals surface area contributed by atoms with Crippen LogP contribution in [0.2, 0.25) is 0 Å². The molecular weight excluding hydrogens is 234 g/mol. The minimum atomic E-state index is 0.607. The monoisotopic (exact) mass is 259 g/mol. The molecule has 104 valence electrons. The molecule has 0 radical (unpaired) electrons. The second-order valence-corrected chi connectivity index (χ2v) is 6.02. The highest BCUT2D eigenvalue weighted by atomic mass is 15.2. The van der Waals surface area contributed by atoms with E-state index in [-0.39, 0.29) is 0 Å². The van der Waals surface area contributed by atoms with Crippen LogP contribution in [0.5, 0.6) is 0 Å². The van der Waals surface area contributed by atoms with Crippen LogP contribution in [0.1, 0.15) is 43.4 Å². The lowest BCUT2D eigenvalue weighted by atomic mass is 9.91. The number of hydrogen-bond donors (Lipinski definition) is 2. The molecule has 2 heterocycles. The molecule has 2 aliphatic rings. The first-order valence-corrected chi connectivity index (χ1v) is 7.58. The molecule has 0 saturated carbocycles. The minimum absolute atomic E-state index is 0.607. The Morgan fingerprint density at radius 3 is 2.68 bits per heavy atom. The minimum Gasteiger partial charge on any atom is -0.385 e. The van der Waals surface area contributed by atoms with E-state index in [1.54, 1.807) is 0 Å². The number of hydrogen-bond acceptors (Lipinski definition) is 3. The quantitative estimate of drug-likeness (QED) is 0.855. The van der Waals surface area contributed by atoms with Gasteiger partial charge >= 0.3 is 0 Å². The SMILES string of the molecule is CC(C)c1ccc2c(c1)C(N1CCNCC1)CCN2. The average molecular weight is 259 g/mol. The molecule has 3 heteroatoms. The molecule has 1 aromatic rings. The van der Waals surface area contributed by atoms with Crippen LogP contribution in [0.15, 0.2) is 18.2 Å². The summed E-state index contributed by atoms with van der Waals surface area (Å²) in [5.74, 6) is 0.607. The number of anilines is 1. The van der Waals surface area contributed by atoms with Crippen LogP contribution in [-0.4, -0.2) is 37.6 Å². The first kappa shape index (κ1) is 12.9. The lowest BCUT2D eigenvalue weighted by molar-refractivity contribution is 0.166. The van der Waals surface area contributed by atoms with E-state index < -0.39 is 0 Å². The van der Waals surface area contributed by atoms with Gasteiger partial charge in [0.2, 0.25) is 0 Å². The van der Waals surface area contributed by atoms with Gasteiger partial charge in [0.05, 0.1) is 0 Å². The maximum atomic E-state index is 3.56. The fourth-order valence-electron chi connectivity index (χ4n) is 3.25. The third kappa shape index (κ3) is 2.63. The highest BCUT2D eigenvalue weighted by Crippen LogP contribution is 2.36. The topological polar surface area (TPSA) is 27.3 Å². The van der Waals surface area contributed by atoms with E-state index in [1.165, 1.54) is 36.3 Å². The van der Waals surface area contributed by atoms with Gasteiger partial charge in [0.25, 0.3) is 0 Å². The van der Waals surface area contributed by atoms with Crippen molar-refractivity contribution < 1.29 is 0 Å². The fraction of sp³-hybridized carbons (Fsp3) is 0.625. The average Bonchev–Trinajstić information content (AvgIpc) is 2.47. The van der Waals surface area contributed by atoms with Gasteiger partial charge in [-0.2, -0.15) is 0 Å². The summed E-state index contributed by atoms with van der Waals surface area (Å²) in [7, 11) is 0. The van der Waals surface area contributed by atoms with Crippen LogP contribution in [0, 0.1) is 0 Å². The number of nitrogens with zero attached hydrogens (tertiary/aromatic N) is 1. The summed E-state index contributed by atoms with van der Waals surface area (Å²) in [6.45, 7) is 10.3. The second-order valence-electron chi connectivity index (χ2n) is 6.02. The Bertz CT molecular complexity index is 436. The van der Waals surface area contributed by atoms with Crippen LogP contribution in [0.25, 0.3) is 0 Å². The fourth-order valence-corrected chi connectivity index (χ4v) is 3.25. The Balaban J connectivity index is 1.90. The summed E-state index contributed by atoms with van der Waals surface area (Å²) < 4.78 is 0. The van der Waals surface area contributed by atoms with Crippen LogP contribution >= 0.6 is 0 Å².